The number of hydrogen-bond acceptors (Lipinski definition) is 2. The molecule has 0 rings (SSSR count). The fraction of sp³-hybridized carbons (Fsp3) is 0.571. The highest BCUT2D eigenvalue weighted by Gasteiger charge is 1.94. The van der Waals surface area contributed by atoms with Crippen molar-refractivity contribution in [3.63, 3.8) is 0 Å². The van der Waals surface area contributed by atoms with Crippen LogP contribution in [-0.4, -0.2) is 24.3 Å². The molecule has 0 radical (unpaired) electrons. The molecule has 0 aromatic rings. The maximum atomic E-state index is 4.03. The van der Waals surface area contributed by atoms with E-state index in [1.54, 1.807) is 12.3 Å². The Labute approximate surface area is 56.9 Å². The van der Waals surface area contributed by atoms with Crippen LogP contribution in [0, 0.1) is 0 Å². The predicted molar refractivity (Wildman–Crippen MR) is 41.6 cm³/mol. The average molecular weight is 126 g/mol. The van der Waals surface area contributed by atoms with Crippen LogP contribution in [0.4, 0.5) is 0 Å². The van der Waals surface area contributed by atoms with Crippen LogP contribution in [0.15, 0.2) is 17.8 Å². The minimum absolute atomic E-state index is 0.459. The van der Waals surface area contributed by atoms with Crippen molar-refractivity contribution < 1.29 is 0 Å². The van der Waals surface area contributed by atoms with Crippen LogP contribution < -0.4 is 0 Å². The molecule has 0 amide bonds. The van der Waals surface area contributed by atoms with E-state index in [0.29, 0.717) is 6.04 Å². The van der Waals surface area contributed by atoms with Gasteiger partial charge in [-0.2, -0.15) is 5.10 Å². The normalized spacial score (nSPS) is 10.7. The summed E-state index contributed by atoms with van der Waals surface area (Å²) in [5.74, 6) is 0. The summed E-state index contributed by atoms with van der Waals surface area (Å²) in [4.78, 5) is 0. The minimum Gasteiger partial charge on any atom is -0.298 e. The minimum atomic E-state index is 0.459. The number of hydrogen-bond donors (Lipinski definition) is 0. The molecule has 0 saturated carbocycles. The van der Waals surface area contributed by atoms with E-state index in [2.05, 4.69) is 25.5 Å². The van der Waals surface area contributed by atoms with Crippen LogP contribution in [0.2, 0.25) is 0 Å². The summed E-state index contributed by atoms with van der Waals surface area (Å²) >= 11 is 0. The molecule has 0 aromatic heterocycles. The lowest BCUT2D eigenvalue weighted by atomic mass is 10.4. The van der Waals surface area contributed by atoms with Crippen LogP contribution in [0.5, 0.6) is 0 Å². The number of nitrogens with zero attached hydrogens (tertiary/aromatic N) is 2. The van der Waals surface area contributed by atoms with Gasteiger partial charge < -0.3 is 0 Å². The number of rotatable bonds is 3. The highest BCUT2D eigenvalue weighted by atomic mass is 15.4. The Morgan fingerprint density at radius 1 is 1.56 bits per heavy atom. The third-order valence-electron chi connectivity index (χ3n) is 1.10. The highest BCUT2D eigenvalue weighted by molar-refractivity contribution is 5.69. The van der Waals surface area contributed by atoms with Gasteiger partial charge in [-0.3, -0.25) is 5.01 Å². The molecule has 0 aromatic carbocycles. The van der Waals surface area contributed by atoms with Crippen molar-refractivity contribution >= 4 is 6.21 Å². The monoisotopic (exact) mass is 126 g/mol. The Balaban J connectivity index is 3.61. The molecule has 0 fully saturated rings. The van der Waals surface area contributed by atoms with E-state index in [1.165, 1.54) is 0 Å². The van der Waals surface area contributed by atoms with Crippen molar-refractivity contribution in [2.24, 2.45) is 5.10 Å². The largest absolute Gasteiger partial charge is 0.298 e. The quantitative estimate of drug-likeness (QED) is 0.413. The molecule has 0 aliphatic rings. The molecule has 0 N–H and O–H groups in total. The van der Waals surface area contributed by atoms with Gasteiger partial charge in [0.25, 0.3) is 0 Å². The van der Waals surface area contributed by atoms with Gasteiger partial charge in [0, 0.05) is 19.3 Å². The van der Waals surface area contributed by atoms with E-state index in [9.17, 15) is 0 Å². The zero-order valence-corrected chi connectivity index (χ0v) is 6.33. The molecular formula is C7H14N2. The number of allylic oxidation sites excluding steroid dienone is 1. The van der Waals surface area contributed by atoms with Gasteiger partial charge >= 0.3 is 0 Å². The smallest absolute Gasteiger partial charge is 0.0464 e. The molecule has 2 heteroatoms. The van der Waals surface area contributed by atoms with E-state index in [1.807, 2.05) is 12.1 Å². The Hall–Kier alpha value is -0.790. The van der Waals surface area contributed by atoms with Gasteiger partial charge in [0.15, 0.2) is 0 Å². The summed E-state index contributed by atoms with van der Waals surface area (Å²) in [5, 5.41) is 5.91. The maximum absolute atomic E-state index is 4.03. The van der Waals surface area contributed by atoms with Crippen LogP contribution in [0.25, 0.3) is 0 Å². The van der Waals surface area contributed by atoms with E-state index in [0.717, 1.165) is 0 Å². The SMILES string of the molecule is C=C/C=N\N(C)C(C)C. The number of hydrazone groups is 1. The van der Waals surface area contributed by atoms with Crippen molar-refractivity contribution in [3.8, 4) is 0 Å². The third-order valence-corrected chi connectivity index (χ3v) is 1.10. The Bertz CT molecular complexity index is 105. The summed E-state index contributed by atoms with van der Waals surface area (Å²) in [6.45, 7) is 7.68. The van der Waals surface area contributed by atoms with Crippen molar-refractivity contribution in [1.82, 2.24) is 5.01 Å². The zero-order chi connectivity index (χ0) is 7.28. The third kappa shape index (κ3) is 3.76. The average Bonchev–Trinajstić information content (AvgIpc) is 1.82. The molecule has 52 valence electrons. The van der Waals surface area contributed by atoms with Gasteiger partial charge in [0.2, 0.25) is 0 Å². The van der Waals surface area contributed by atoms with Crippen molar-refractivity contribution in [2.75, 3.05) is 7.05 Å². The van der Waals surface area contributed by atoms with E-state index in [4.69, 9.17) is 0 Å². The lowest BCUT2D eigenvalue weighted by Gasteiger charge is -2.15. The van der Waals surface area contributed by atoms with Gasteiger partial charge in [-0.1, -0.05) is 6.58 Å². The Morgan fingerprint density at radius 3 is 2.44 bits per heavy atom. The van der Waals surface area contributed by atoms with Gasteiger partial charge in [-0.25, -0.2) is 0 Å². The first kappa shape index (κ1) is 8.21. The van der Waals surface area contributed by atoms with Gasteiger partial charge in [-0.15, -0.1) is 0 Å². The fourth-order valence-electron chi connectivity index (χ4n) is 0.286. The molecule has 0 atom stereocenters. The van der Waals surface area contributed by atoms with Crippen LogP contribution >= 0.6 is 0 Å². The first-order valence-corrected chi connectivity index (χ1v) is 3.06. The van der Waals surface area contributed by atoms with Crippen molar-refractivity contribution in [2.45, 2.75) is 19.9 Å². The fourth-order valence-corrected chi connectivity index (χ4v) is 0.286. The lowest BCUT2D eigenvalue weighted by Crippen LogP contribution is -2.19. The second-order valence-corrected chi connectivity index (χ2v) is 2.17. The first-order valence-electron chi connectivity index (χ1n) is 3.06. The molecule has 0 aliphatic heterocycles. The molecule has 2 nitrogen and oxygen atoms in total. The molecule has 0 heterocycles. The zero-order valence-electron chi connectivity index (χ0n) is 6.33. The van der Waals surface area contributed by atoms with Crippen LogP contribution in [0.1, 0.15) is 13.8 Å². The lowest BCUT2D eigenvalue weighted by molar-refractivity contribution is 0.290. The van der Waals surface area contributed by atoms with Gasteiger partial charge in [0.1, 0.15) is 0 Å². The topological polar surface area (TPSA) is 15.6 Å². The first-order chi connectivity index (χ1) is 4.18. The molecule has 9 heavy (non-hydrogen) atoms. The maximum Gasteiger partial charge on any atom is 0.0464 e. The molecule has 0 aliphatic carbocycles. The second-order valence-electron chi connectivity index (χ2n) is 2.17. The predicted octanol–water partition coefficient (Wildman–Crippen LogP) is 1.50. The second kappa shape index (κ2) is 4.13. The molecular weight excluding hydrogens is 112 g/mol. The van der Waals surface area contributed by atoms with Crippen molar-refractivity contribution in [1.29, 1.82) is 0 Å². The van der Waals surface area contributed by atoms with E-state index < -0.39 is 0 Å². The summed E-state index contributed by atoms with van der Waals surface area (Å²) in [6.07, 6.45) is 3.35. The van der Waals surface area contributed by atoms with Gasteiger partial charge in [0.05, 0.1) is 0 Å². The summed E-state index contributed by atoms with van der Waals surface area (Å²) in [6, 6.07) is 0.459. The summed E-state index contributed by atoms with van der Waals surface area (Å²) < 4.78 is 0. The Morgan fingerprint density at radius 2 is 2.11 bits per heavy atom. The summed E-state index contributed by atoms with van der Waals surface area (Å²) in [5.41, 5.74) is 0. The standard InChI is InChI=1S/C7H14N2/c1-5-6-8-9(4)7(2)3/h5-7H,1H2,2-4H3/b8-6-. The molecule has 0 unspecified atom stereocenters. The van der Waals surface area contributed by atoms with E-state index in [-0.39, 0.29) is 0 Å². The molecule has 0 spiro atoms. The Kier molecular flexibility index (Phi) is 3.76. The molecule has 0 saturated heterocycles. The highest BCUT2D eigenvalue weighted by Crippen LogP contribution is 1.91. The summed E-state index contributed by atoms with van der Waals surface area (Å²) in [7, 11) is 1.94. The van der Waals surface area contributed by atoms with Crippen LogP contribution in [-0.2, 0) is 0 Å². The molecule has 0 bridgehead atoms. The van der Waals surface area contributed by atoms with Gasteiger partial charge in [-0.05, 0) is 19.9 Å². The van der Waals surface area contributed by atoms with Crippen molar-refractivity contribution in [3.05, 3.63) is 12.7 Å². The van der Waals surface area contributed by atoms with Crippen LogP contribution in [0.3, 0.4) is 0 Å². The van der Waals surface area contributed by atoms with E-state index >= 15 is 0 Å².